The Morgan fingerprint density at radius 3 is 3.00 bits per heavy atom. The molecule has 1 rings (SSSR count). The molecule has 0 fully saturated rings. The van der Waals surface area contributed by atoms with E-state index in [9.17, 15) is 4.79 Å². The zero-order valence-corrected chi connectivity index (χ0v) is 8.74. The first-order valence-corrected chi connectivity index (χ1v) is 5.34. The van der Waals surface area contributed by atoms with Crippen molar-refractivity contribution in [2.24, 2.45) is 0 Å². The van der Waals surface area contributed by atoms with E-state index >= 15 is 0 Å². The first kappa shape index (κ1) is 11.0. The van der Waals surface area contributed by atoms with Crippen molar-refractivity contribution < 1.29 is 9.53 Å². The van der Waals surface area contributed by atoms with Crippen LogP contribution in [0.2, 0.25) is 0 Å². The predicted octanol–water partition coefficient (Wildman–Crippen LogP) is 2.99. The maximum Gasteiger partial charge on any atom is 0.306 e. The standard InChI is InChI=1S/C12H18O2/c1-2-8-11-9-6-4-3-5-7-10-12(13)14-11/h3-6,11H,2,7-10H2,1H3. The average Bonchev–Trinajstić information content (AvgIpc) is 2.17. The molecule has 1 aliphatic heterocycles. The molecule has 14 heavy (non-hydrogen) atoms. The average molecular weight is 194 g/mol. The molecule has 0 bridgehead atoms. The van der Waals surface area contributed by atoms with Gasteiger partial charge in [0.25, 0.3) is 0 Å². The van der Waals surface area contributed by atoms with E-state index in [1.54, 1.807) is 0 Å². The van der Waals surface area contributed by atoms with Gasteiger partial charge < -0.3 is 4.74 Å². The van der Waals surface area contributed by atoms with E-state index in [1.807, 2.05) is 18.2 Å². The second-order valence-corrected chi connectivity index (χ2v) is 3.53. The Bertz CT molecular complexity index is 228. The number of esters is 1. The van der Waals surface area contributed by atoms with Crippen LogP contribution in [0.5, 0.6) is 0 Å². The second-order valence-electron chi connectivity index (χ2n) is 3.53. The molecule has 0 saturated carbocycles. The number of ether oxygens (including phenoxy) is 1. The minimum Gasteiger partial charge on any atom is -0.462 e. The third-order valence-corrected chi connectivity index (χ3v) is 2.21. The summed E-state index contributed by atoms with van der Waals surface area (Å²) in [7, 11) is 0. The molecule has 0 amide bonds. The van der Waals surface area contributed by atoms with Crippen LogP contribution in [0, 0.1) is 0 Å². The number of rotatable bonds is 2. The van der Waals surface area contributed by atoms with Crippen LogP contribution >= 0.6 is 0 Å². The zero-order valence-electron chi connectivity index (χ0n) is 8.74. The molecule has 78 valence electrons. The number of allylic oxidation sites excluding steroid dienone is 3. The minimum absolute atomic E-state index is 0.0663. The monoisotopic (exact) mass is 194 g/mol. The number of hydrogen-bond donors (Lipinski definition) is 0. The van der Waals surface area contributed by atoms with Crippen molar-refractivity contribution >= 4 is 5.97 Å². The van der Waals surface area contributed by atoms with Gasteiger partial charge in [-0.1, -0.05) is 37.6 Å². The van der Waals surface area contributed by atoms with Crippen molar-refractivity contribution in [1.82, 2.24) is 0 Å². The lowest BCUT2D eigenvalue weighted by Crippen LogP contribution is -2.17. The summed E-state index contributed by atoms with van der Waals surface area (Å²) >= 11 is 0. The van der Waals surface area contributed by atoms with Crippen LogP contribution in [0.3, 0.4) is 0 Å². The molecule has 0 aromatic carbocycles. The molecule has 0 aromatic heterocycles. The highest BCUT2D eigenvalue weighted by Gasteiger charge is 2.11. The molecule has 1 heterocycles. The molecule has 0 saturated heterocycles. The number of carbonyl (C=O) groups excluding carboxylic acids is 1. The van der Waals surface area contributed by atoms with E-state index in [-0.39, 0.29) is 12.1 Å². The van der Waals surface area contributed by atoms with E-state index < -0.39 is 0 Å². The highest BCUT2D eigenvalue weighted by molar-refractivity contribution is 5.69. The van der Waals surface area contributed by atoms with Crippen LogP contribution in [0.15, 0.2) is 24.3 Å². The van der Waals surface area contributed by atoms with Crippen LogP contribution in [-0.2, 0) is 9.53 Å². The van der Waals surface area contributed by atoms with Gasteiger partial charge in [0.15, 0.2) is 0 Å². The van der Waals surface area contributed by atoms with Crippen LogP contribution in [0.1, 0.15) is 39.0 Å². The van der Waals surface area contributed by atoms with Crippen molar-refractivity contribution in [3.63, 3.8) is 0 Å². The maximum absolute atomic E-state index is 11.3. The predicted molar refractivity (Wildman–Crippen MR) is 56.9 cm³/mol. The summed E-state index contributed by atoms with van der Waals surface area (Å²) in [5.41, 5.74) is 0. The maximum atomic E-state index is 11.3. The molecule has 0 aliphatic carbocycles. The highest BCUT2D eigenvalue weighted by atomic mass is 16.5. The normalized spacial score (nSPS) is 23.2. The molecule has 0 N–H and O–H groups in total. The smallest absolute Gasteiger partial charge is 0.306 e. The quantitative estimate of drug-likeness (QED) is 0.632. The summed E-state index contributed by atoms with van der Waals surface area (Å²) in [6.45, 7) is 2.11. The summed E-state index contributed by atoms with van der Waals surface area (Å²) in [6, 6.07) is 0. The Hall–Kier alpha value is -1.05. The lowest BCUT2D eigenvalue weighted by molar-refractivity contribution is -0.149. The largest absolute Gasteiger partial charge is 0.462 e. The van der Waals surface area contributed by atoms with Crippen LogP contribution < -0.4 is 0 Å². The van der Waals surface area contributed by atoms with Gasteiger partial charge in [-0.3, -0.25) is 4.79 Å². The fraction of sp³-hybridized carbons (Fsp3) is 0.583. The molecule has 1 atom stereocenters. The Balaban J connectivity index is 2.52. The molecule has 1 aliphatic rings. The Morgan fingerprint density at radius 2 is 2.21 bits per heavy atom. The molecular weight excluding hydrogens is 176 g/mol. The van der Waals surface area contributed by atoms with E-state index in [2.05, 4.69) is 13.0 Å². The van der Waals surface area contributed by atoms with Crippen LogP contribution in [0.4, 0.5) is 0 Å². The summed E-state index contributed by atoms with van der Waals surface area (Å²) in [5.74, 6) is -0.0663. The van der Waals surface area contributed by atoms with Gasteiger partial charge in [-0.05, 0) is 12.8 Å². The molecule has 0 spiro atoms. The Morgan fingerprint density at radius 1 is 1.43 bits per heavy atom. The topological polar surface area (TPSA) is 26.3 Å². The summed E-state index contributed by atoms with van der Waals surface area (Å²) in [4.78, 5) is 11.3. The van der Waals surface area contributed by atoms with Crippen LogP contribution in [0.25, 0.3) is 0 Å². The van der Waals surface area contributed by atoms with Gasteiger partial charge in [0.1, 0.15) is 6.10 Å². The number of hydrogen-bond acceptors (Lipinski definition) is 2. The molecule has 2 heteroatoms. The van der Waals surface area contributed by atoms with Gasteiger partial charge in [0, 0.05) is 12.8 Å². The van der Waals surface area contributed by atoms with Crippen LogP contribution in [-0.4, -0.2) is 12.1 Å². The third-order valence-electron chi connectivity index (χ3n) is 2.21. The van der Waals surface area contributed by atoms with Gasteiger partial charge in [0.2, 0.25) is 0 Å². The van der Waals surface area contributed by atoms with E-state index in [0.29, 0.717) is 6.42 Å². The van der Waals surface area contributed by atoms with Crippen molar-refractivity contribution in [3.05, 3.63) is 24.3 Å². The zero-order chi connectivity index (χ0) is 10.2. The van der Waals surface area contributed by atoms with Gasteiger partial charge in [-0.25, -0.2) is 0 Å². The van der Waals surface area contributed by atoms with Crippen molar-refractivity contribution in [2.45, 2.75) is 45.1 Å². The first-order valence-electron chi connectivity index (χ1n) is 5.34. The lowest BCUT2D eigenvalue weighted by atomic mass is 10.1. The highest BCUT2D eigenvalue weighted by Crippen LogP contribution is 2.11. The molecule has 2 nitrogen and oxygen atoms in total. The third kappa shape index (κ3) is 4.26. The minimum atomic E-state index is -0.0663. The summed E-state index contributed by atoms with van der Waals surface area (Å²) < 4.78 is 5.34. The summed E-state index contributed by atoms with van der Waals surface area (Å²) in [5, 5.41) is 0. The number of carbonyl (C=O) groups is 1. The van der Waals surface area contributed by atoms with Gasteiger partial charge in [-0.15, -0.1) is 0 Å². The molecule has 0 radical (unpaired) electrons. The van der Waals surface area contributed by atoms with Crippen molar-refractivity contribution in [1.29, 1.82) is 0 Å². The Kier molecular flexibility index (Phi) is 5.05. The first-order chi connectivity index (χ1) is 6.83. The SMILES string of the molecule is CCCC1CC=CC=CCCC(=O)O1. The van der Waals surface area contributed by atoms with Gasteiger partial charge in [-0.2, -0.15) is 0 Å². The van der Waals surface area contributed by atoms with E-state index in [4.69, 9.17) is 4.74 Å². The second kappa shape index (κ2) is 6.41. The summed E-state index contributed by atoms with van der Waals surface area (Å²) in [6.07, 6.45) is 12.3. The van der Waals surface area contributed by atoms with Crippen molar-refractivity contribution in [2.75, 3.05) is 0 Å². The molecular formula is C12H18O2. The lowest BCUT2D eigenvalue weighted by Gasteiger charge is -2.15. The van der Waals surface area contributed by atoms with Gasteiger partial charge >= 0.3 is 5.97 Å². The van der Waals surface area contributed by atoms with Gasteiger partial charge in [0.05, 0.1) is 0 Å². The molecule has 0 aromatic rings. The van der Waals surface area contributed by atoms with Crippen molar-refractivity contribution in [3.8, 4) is 0 Å². The van der Waals surface area contributed by atoms with E-state index in [0.717, 1.165) is 25.7 Å². The number of cyclic esters (lactones) is 1. The fourth-order valence-corrected chi connectivity index (χ4v) is 1.48. The molecule has 1 unspecified atom stereocenters. The fourth-order valence-electron chi connectivity index (χ4n) is 1.48. The Labute approximate surface area is 85.6 Å². The van der Waals surface area contributed by atoms with E-state index in [1.165, 1.54) is 0 Å².